The number of hydrogen-bond acceptors (Lipinski definition) is 6. The SMILES string of the molecule is COc1ccc(C(=O)N/N=C\c2cc([N+](=O)[O-])ccc2N(C)C)cc1. The van der Waals surface area contributed by atoms with Crippen LogP contribution in [0.3, 0.4) is 0 Å². The Hall–Kier alpha value is -3.42. The van der Waals surface area contributed by atoms with Gasteiger partial charge in [-0.2, -0.15) is 5.10 Å². The Morgan fingerprint density at radius 3 is 2.48 bits per heavy atom. The molecule has 130 valence electrons. The second-order valence-electron chi connectivity index (χ2n) is 5.32. The molecule has 25 heavy (non-hydrogen) atoms. The summed E-state index contributed by atoms with van der Waals surface area (Å²) < 4.78 is 5.03. The van der Waals surface area contributed by atoms with Crippen LogP contribution in [-0.2, 0) is 0 Å². The molecule has 1 amide bonds. The molecule has 8 heteroatoms. The van der Waals surface area contributed by atoms with Crippen LogP contribution >= 0.6 is 0 Å². The monoisotopic (exact) mass is 342 g/mol. The van der Waals surface area contributed by atoms with Crippen LogP contribution in [0.5, 0.6) is 5.75 Å². The van der Waals surface area contributed by atoms with E-state index in [1.807, 2.05) is 14.1 Å². The normalized spacial score (nSPS) is 10.5. The van der Waals surface area contributed by atoms with Gasteiger partial charge in [0.05, 0.1) is 18.2 Å². The highest BCUT2D eigenvalue weighted by atomic mass is 16.6. The number of carbonyl (C=O) groups is 1. The molecule has 0 aliphatic rings. The molecule has 0 aromatic heterocycles. The van der Waals surface area contributed by atoms with Crippen LogP contribution in [-0.4, -0.2) is 38.3 Å². The molecule has 1 N–H and O–H groups in total. The van der Waals surface area contributed by atoms with Crippen LogP contribution < -0.4 is 15.1 Å². The maximum Gasteiger partial charge on any atom is 0.271 e. The lowest BCUT2D eigenvalue weighted by molar-refractivity contribution is -0.384. The average Bonchev–Trinajstić information content (AvgIpc) is 2.61. The summed E-state index contributed by atoms with van der Waals surface area (Å²) in [5.74, 6) is 0.253. The highest BCUT2D eigenvalue weighted by molar-refractivity contribution is 5.95. The molecule has 0 fully saturated rings. The first-order chi connectivity index (χ1) is 11.9. The number of nitrogens with zero attached hydrogens (tertiary/aromatic N) is 3. The van der Waals surface area contributed by atoms with E-state index in [-0.39, 0.29) is 5.69 Å². The summed E-state index contributed by atoms with van der Waals surface area (Å²) in [5.41, 5.74) is 4.04. The predicted molar refractivity (Wildman–Crippen MR) is 95.5 cm³/mol. The summed E-state index contributed by atoms with van der Waals surface area (Å²) in [4.78, 5) is 24.3. The quantitative estimate of drug-likeness (QED) is 0.494. The zero-order valence-corrected chi connectivity index (χ0v) is 14.1. The lowest BCUT2D eigenvalue weighted by atomic mass is 10.1. The van der Waals surface area contributed by atoms with Crippen molar-refractivity contribution >= 4 is 23.5 Å². The fourth-order valence-corrected chi connectivity index (χ4v) is 2.13. The zero-order valence-electron chi connectivity index (χ0n) is 14.1. The van der Waals surface area contributed by atoms with Crippen LogP contribution in [0.15, 0.2) is 47.6 Å². The molecule has 0 aliphatic carbocycles. The molecule has 0 atom stereocenters. The van der Waals surface area contributed by atoms with Gasteiger partial charge in [0.2, 0.25) is 0 Å². The van der Waals surface area contributed by atoms with Crippen molar-refractivity contribution in [2.45, 2.75) is 0 Å². The maximum absolute atomic E-state index is 12.0. The van der Waals surface area contributed by atoms with Gasteiger partial charge in [-0.3, -0.25) is 14.9 Å². The molecule has 0 bridgehead atoms. The third kappa shape index (κ3) is 4.54. The highest BCUT2D eigenvalue weighted by Crippen LogP contribution is 2.22. The van der Waals surface area contributed by atoms with Gasteiger partial charge in [0, 0.05) is 43.0 Å². The van der Waals surface area contributed by atoms with Gasteiger partial charge in [-0.15, -0.1) is 0 Å². The summed E-state index contributed by atoms with van der Waals surface area (Å²) >= 11 is 0. The van der Waals surface area contributed by atoms with E-state index < -0.39 is 10.8 Å². The van der Waals surface area contributed by atoms with Crippen molar-refractivity contribution in [3.8, 4) is 5.75 Å². The summed E-state index contributed by atoms with van der Waals surface area (Å²) in [7, 11) is 5.17. The lowest BCUT2D eigenvalue weighted by Gasteiger charge is -2.14. The number of carbonyl (C=O) groups excluding carboxylic acids is 1. The number of methoxy groups -OCH3 is 1. The molecular weight excluding hydrogens is 324 g/mol. The summed E-state index contributed by atoms with van der Waals surface area (Å²) in [6.07, 6.45) is 1.38. The second kappa shape index (κ2) is 7.91. The Bertz CT molecular complexity index is 801. The Morgan fingerprint density at radius 1 is 1.24 bits per heavy atom. The number of hydrazone groups is 1. The molecule has 2 aromatic rings. The first-order valence-corrected chi connectivity index (χ1v) is 7.35. The Balaban J connectivity index is 2.16. The first kappa shape index (κ1) is 17.9. The van der Waals surface area contributed by atoms with E-state index in [0.29, 0.717) is 16.9 Å². The fourth-order valence-electron chi connectivity index (χ4n) is 2.13. The molecule has 0 radical (unpaired) electrons. The van der Waals surface area contributed by atoms with E-state index in [9.17, 15) is 14.9 Å². The van der Waals surface area contributed by atoms with Gasteiger partial charge in [0.15, 0.2) is 0 Å². The molecule has 8 nitrogen and oxygen atoms in total. The van der Waals surface area contributed by atoms with Crippen LogP contribution in [0.25, 0.3) is 0 Å². The highest BCUT2D eigenvalue weighted by Gasteiger charge is 2.11. The predicted octanol–water partition coefficient (Wildman–Crippen LogP) is 2.43. The number of rotatable bonds is 6. The largest absolute Gasteiger partial charge is 0.497 e. The van der Waals surface area contributed by atoms with Crippen molar-refractivity contribution in [2.75, 3.05) is 26.1 Å². The molecule has 0 spiro atoms. The molecule has 0 unspecified atom stereocenters. The molecule has 0 heterocycles. The van der Waals surface area contributed by atoms with E-state index in [1.165, 1.54) is 18.3 Å². The number of ether oxygens (including phenoxy) is 1. The summed E-state index contributed by atoms with van der Waals surface area (Å²) in [5, 5.41) is 14.8. The number of hydrogen-bond donors (Lipinski definition) is 1. The van der Waals surface area contributed by atoms with Crippen molar-refractivity contribution in [3.63, 3.8) is 0 Å². The number of benzene rings is 2. The number of nitro groups is 1. The van der Waals surface area contributed by atoms with E-state index in [1.54, 1.807) is 42.3 Å². The minimum Gasteiger partial charge on any atom is -0.497 e. The standard InChI is InChI=1S/C17H18N4O4/c1-20(2)16-9-6-14(21(23)24)10-13(16)11-18-19-17(22)12-4-7-15(25-3)8-5-12/h4-11H,1-3H3,(H,19,22)/b18-11-. The first-order valence-electron chi connectivity index (χ1n) is 7.35. The van der Waals surface area contributed by atoms with Gasteiger partial charge in [-0.1, -0.05) is 0 Å². The summed E-state index contributed by atoms with van der Waals surface area (Å²) in [6, 6.07) is 11.0. The fraction of sp³-hybridized carbons (Fsp3) is 0.176. The van der Waals surface area contributed by atoms with Gasteiger partial charge in [0.1, 0.15) is 5.75 Å². The van der Waals surface area contributed by atoms with Crippen LogP contribution in [0, 0.1) is 10.1 Å². The van der Waals surface area contributed by atoms with Crippen LogP contribution in [0.1, 0.15) is 15.9 Å². The van der Waals surface area contributed by atoms with Gasteiger partial charge < -0.3 is 9.64 Å². The minimum absolute atomic E-state index is 0.0477. The maximum atomic E-state index is 12.0. The van der Waals surface area contributed by atoms with Gasteiger partial charge >= 0.3 is 0 Å². The van der Waals surface area contributed by atoms with Crippen molar-refractivity contribution in [3.05, 3.63) is 63.7 Å². The van der Waals surface area contributed by atoms with Crippen molar-refractivity contribution in [2.24, 2.45) is 5.10 Å². The Morgan fingerprint density at radius 2 is 1.92 bits per heavy atom. The lowest BCUT2D eigenvalue weighted by Crippen LogP contribution is -2.18. The number of non-ortho nitro benzene ring substituents is 1. The second-order valence-corrected chi connectivity index (χ2v) is 5.32. The molecule has 0 saturated heterocycles. The number of nitro benzene ring substituents is 1. The van der Waals surface area contributed by atoms with E-state index in [2.05, 4.69) is 10.5 Å². The van der Waals surface area contributed by atoms with Gasteiger partial charge in [-0.05, 0) is 30.3 Å². The van der Waals surface area contributed by atoms with Crippen molar-refractivity contribution in [1.29, 1.82) is 0 Å². The van der Waals surface area contributed by atoms with E-state index in [4.69, 9.17) is 4.74 Å². The van der Waals surface area contributed by atoms with Crippen LogP contribution in [0.4, 0.5) is 11.4 Å². The van der Waals surface area contributed by atoms with E-state index in [0.717, 1.165) is 5.69 Å². The smallest absolute Gasteiger partial charge is 0.271 e. The summed E-state index contributed by atoms with van der Waals surface area (Å²) in [6.45, 7) is 0. The molecular formula is C17H18N4O4. The van der Waals surface area contributed by atoms with Crippen LogP contribution in [0.2, 0.25) is 0 Å². The van der Waals surface area contributed by atoms with Gasteiger partial charge in [-0.25, -0.2) is 5.43 Å². The third-order valence-electron chi connectivity index (χ3n) is 3.43. The Kier molecular flexibility index (Phi) is 5.67. The zero-order chi connectivity index (χ0) is 18.4. The molecule has 0 saturated carbocycles. The minimum atomic E-state index is -0.479. The Labute approximate surface area is 144 Å². The third-order valence-corrected chi connectivity index (χ3v) is 3.43. The van der Waals surface area contributed by atoms with Crippen molar-refractivity contribution < 1.29 is 14.5 Å². The number of anilines is 1. The van der Waals surface area contributed by atoms with Crippen molar-refractivity contribution in [1.82, 2.24) is 5.43 Å². The molecule has 2 aromatic carbocycles. The van der Waals surface area contributed by atoms with E-state index >= 15 is 0 Å². The topological polar surface area (TPSA) is 97.1 Å². The molecule has 2 rings (SSSR count). The van der Waals surface area contributed by atoms with Gasteiger partial charge in [0.25, 0.3) is 11.6 Å². The molecule has 0 aliphatic heterocycles. The number of amides is 1. The number of nitrogens with one attached hydrogen (secondary N) is 1. The average molecular weight is 342 g/mol.